The molecule has 0 aliphatic heterocycles. The molecule has 0 radical (unpaired) electrons. The van der Waals surface area contributed by atoms with Gasteiger partial charge in [0, 0.05) is 19.2 Å². The van der Waals surface area contributed by atoms with Gasteiger partial charge in [-0.1, -0.05) is 24.3 Å². The molecule has 35 heavy (non-hydrogen) atoms. The number of anilines is 3. The molecule has 182 valence electrons. The van der Waals surface area contributed by atoms with E-state index in [2.05, 4.69) is 15.6 Å². The first-order chi connectivity index (χ1) is 16.8. The Hall–Kier alpha value is -4.14. The van der Waals surface area contributed by atoms with E-state index in [1.54, 1.807) is 20.8 Å². The van der Waals surface area contributed by atoms with E-state index < -0.39 is 22.9 Å². The Morgan fingerprint density at radius 2 is 1.77 bits per heavy atom. The lowest BCUT2D eigenvalue weighted by molar-refractivity contribution is -0.144. The number of para-hydroxylation sites is 2. The van der Waals surface area contributed by atoms with E-state index in [0.717, 1.165) is 22.3 Å². The largest absolute Gasteiger partial charge is 0.485 e. The Labute approximate surface area is 202 Å². The van der Waals surface area contributed by atoms with Gasteiger partial charge in [0.25, 0.3) is 10.9 Å². The van der Waals surface area contributed by atoms with Gasteiger partial charge in [0.15, 0.2) is 5.75 Å². The molecule has 0 aliphatic rings. The minimum Gasteiger partial charge on any atom is -0.485 e. The van der Waals surface area contributed by atoms with Crippen LogP contribution in [0.1, 0.15) is 26.3 Å². The molecule has 4 rings (SSSR count). The van der Waals surface area contributed by atoms with E-state index in [0.29, 0.717) is 5.95 Å². The second-order valence-corrected chi connectivity index (χ2v) is 8.49. The van der Waals surface area contributed by atoms with Crippen molar-refractivity contribution < 1.29 is 14.3 Å². The van der Waals surface area contributed by atoms with Gasteiger partial charge in [0.1, 0.15) is 11.7 Å². The molecule has 1 unspecified atom stereocenters. The van der Waals surface area contributed by atoms with Crippen molar-refractivity contribution in [2.24, 2.45) is 7.05 Å². The number of fused-ring (bicyclic) bond motifs is 1. The zero-order chi connectivity index (χ0) is 25.1. The van der Waals surface area contributed by atoms with E-state index in [1.807, 2.05) is 60.1 Å². The molecule has 9 heteroatoms. The lowest BCUT2D eigenvalue weighted by Crippen LogP contribution is -2.42. The summed E-state index contributed by atoms with van der Waals surface area (Å²) in [7, 11) is 1.94. The lowest BCUT2D eigenvalue weighted by atomic mass is 10.0. The fourth-order valence-corrected chi connectivity index (χ4v) is 3.81. The number of carbonyl (C=O) groups is 1. The highest BCUT2D eigenvalue weighted by Gasteiger charge is 2.29. The number of ether oxygens (including phenoxy) is 2. The predicted molar refractivity (Wildman–Crippen MR) is 135 cm³/mol. The summed E-state index contributed by atoms with van der Waals surface area (Å²) in [6.45, 7) is 5.42. The number of rotatable bonds is 10. The monoisotopic (exact) mass is 476 g/mol. The van der Waals surface area contributed by atoms with Crippen LogP contribution >= 0.6 is 0 Å². The van der Waals surface area contributed by atoms with Crippen LogP contribution in [0.25, 0.3) is 11.0 Å². The highest BCUT2D eigenvalue weighted by Crippen LogP contribution is 2.24. The summed E-state index contributed by atoms with van der Waals surface area (Å²) in [6.07, 6.45) is -0.0260. The first-order valence-electron chi connectivity index (χ1n) is 11.5. The Morgan fingerprint density at radius 1 is 1.06 bits per heavy atom. The maximum absolute atomic E-state index is 12.6. The second-order valence-electron chi connectivity index (χ2n) is 8.49. The SMILES string of the molecule is CCOC(=O)C(Cc1ccc(Nc2nc3ccccc3n2C)cc1)Nc1c(OC(C)C)c(=O)c1=O. The van der Waals surface area contributed by atoms with E-state index in [1.165, 1.54) is 0 Å². The first-order valence-corrected chi connectivity index (χ1v) is 11.5. The molecule has 1 heterocycles. The van der Waals surface area contributed by atoms with Gasteiger partial charge in [0.2, 0.25) is 5.95 Å². The second kappa shape index (κ2) is 10.0. The molecule has 0 spiro atoms. The fourth-order valence-electron chi connectivity index (χ4n) is 3.81. The van der Waals surface area contributed by atoms with Crippen LogP contribution in [0.4, 0.5) is 17.3 Å². The number of nitrogens with zero attached hydrogens (tertiary/aromatic N) is 2. The summed E-state index contributed by atoms with van der Waals surface area (Å²) in [5.41, 5.74) is 2.23. The van der Waals surface area contributed by atoms with Crippen molar-refractivity contribution >= 4 is 34.3 Å². The smallest absolute Gasteiger partial charge is 0.328 e. The third kappa shape index (κ3) is 5.03. The van der Waals surface area contributed by atoms with Gasteiger partial charge in [-0.15, -0.1) is 0 Å². The average molecular weight is 477 g/mol. The van der Waals surface area contributed by atoms with Gasteiger partial charge >= 0.3 is 5.97 Å². The van der Waals surface area contributed by atoms with Crippen LogP contribution in [-0.2, 0) is 23.0 Å². The summed E-state index contributed by atoms with van der Waals surface area (Å²) in [6, 6.07) is 14.6. The quantitative estimate of drug-likeness (QED) is 0.265. The van der Waals surface area contributed by atoms with Crippen molar-refractivity contribution in [1.29, 1.82) is 0 Å². The van der Waals surface area contributed by atoms with Gasteiger partial charge in [0.05, 0.1) is 23.7 Å². The van der Waals surface area contributed by atoms with Crippen LogP contribution in [0.3, 0.4) is 0 Å². The Kier molecular flexibility index (Phi) is 6.86. The highest BCUT2D eigenvalue weighted by molar-refractivity contribution is 5.81. The van der Waals surface area contributed by atoms with E-state index in [9.17, 15) is 14.4 Å². The van der Waals surface area contributed by atoms with Crippen LogP contribution in [0, 0.1) is 0 Å². The zero-order valence-electron chi connectivity index (χ0n) is 20.1. The summed E-state index contributed by atoms with van der Waals surface area (Å²) in [4.78, 5) is 41.2. The predicted octanol–water partition coefficient (Wildman–Crippen LogP) is 3.29. The maximum Gasteiger partial charge on any atom is 0.328 e. The molecule has 1 atom stereocenters. The molecule has 0 fully saturated rings. The van der Waals surface area contributed by atoms with Crippen LogP contribution in [0.5, 0.6) is 5.75 Å². The number of carbonyl (C=O) groups excluding carboxylic acids is 1. The third-order valence-corrected chi connectivity index (χ3v) is 5.55. The van der Waals surface area contributed by atoms with Crippen molar-refractivity contribution in [2.45, 2.75) is 39.3 Å². The van der Waals surface area contributed by atoms with Gasteiger partial charge in [-0.3, -0.25) is 9.59 Å². The maximum atomic E-state index is 12.6. The molecule has 4 aromatic rings. The molecule has 0 amide bonds. The van der Waals surface area contributed by atoms with Crippen molar-refractivity contribution in [3.8, 4) is 5.75 Å². The summed E-state index contributed by atoms with van der Waals surface area (Å²) < 4.78 is 12.6. The molecular weight excluding hydrogens is 448 g/mol. The summed E-state index contributed by atoms with van der Waals surface area (Å²) in [5, 5.41) is 6.19. The van der Waals surface area contributed by atoms with Gasteiger partial charge < -0.3 is 24.7 Å². The molecule has 0 saturated carbocycles. The lowest BCUT2D eigenvalue weighted by Gasteiger charge is -2.22. The highest BCUT2D eigenvalue weighted by atomic mass is 16.5. The minimum absolute atomic E-state index is 0.0156. The van der Waals surface area contributed by atoms with Crippen LogP contribution in [-0.4, -0.2) is 34.3 Å². The average Bonchev–Trinajstić information content (AvgIpc) is 3.16. The van der Waals surface area contributed by atoms with E-state index in [-0.39, 0.29) is 30.6 Å². The zero-order valence-corrected chi connectivity index (χ0v) is 20.1. The standard InChI is InChI=1S/C26H28N4O5/c1-5-34-25(33)19(28-21-22(31)23(32)24(21)35-15(2)3)14-16-10-12-17(13-11-16)27-26-29-18-8-6-7-9-20(18)30(26)4/h6-13,15,19,28H,5,14H2,1-4H3,(H,27,29). The number of imidazole rings is 1. The van der Waals surface area contributed by atoms with Crippen LogP contribution in [0.2, 0.25) is 0 Å². The topological polar surface area (TPSA) is 112 Å². The molecule has 1 aromatic heterocycles. The molecule has 9 nitrogen and oxygen atoms in total. The number of hydrogen-bond acceptors (Lipinski definition) is 8. The number of nitrogens with one attached hydrogen (secondary N) is 2. The number of aromatic nitrogens is 2. The van der Waals surface area contributed by atoms with Crippen molar-refractivity contribution in [3.63, 3.8) is 0 Å². The van der Waals surface area contributed by atoms with E-state index in [4.69, 9.17) is 9.47 Å². The number of esters is 1. The van der Waals surface area contributed by atoms with Gasteiger partial charge in [-0.2, -0.15) is 0 Å². The molecule has 0 aliphatic carbocycles. The molecule has 0 saturated heterocycles. The number of benzene rings is 2. The molecule has 3 aromatic carbocycles. The van der Waals surface area contributed by atoms with E-state index >= 15 is 0 Å². The van der Waals surface area contributed by atoms with Crippen LogP contribution < -0.4 is 26.2 Å². The van der Waals surface area contributed by atoms with Gasteiger partial charge in [-0.25, -0.2) is 9.78 Å². The number of hydrogen-bond donors (Lipinski definition) is 2. The fraction of sp³-hybridized carbons (Fsp3) is 0.308. The van der Waals surface area contributed by atoms with Gasteiger partial charge in [-0.05, 0) is 50.6 Å². The van der Waals surface area contributed by atoms with Crippen molar-refractivity contribution in [1.82, 2.24) is 9.55 Å². The third-order valence-electron chi connectivity index (χ3n) is 5.55. The van der Waals surface area contributed by atoms with Crippen molar-refractivity contribution in [2.75, 3.05) is 17.2 Å². The summed E-state index contributed by atoms with van der Waals surface area (Å²) in [5.74, 6) is 0.155. The summed E-state index contributed by atoms with van der Waals surface area (Å²) >= 11 is 0. The molecule has 0 bridgehead atoms. The molecular formula is C26H28N4O5. The first kappa shape index (κ1) is 24.0. The normalized spacial score (nSPS) is 12.1. The number of aryl methyl sites for hydroxylation is 1. The van der Waals surface area contributed by atoms with Crippen molar-refractivity contribution in [3.05, 3.63) is 74.5 Å². The Morgan fingerprint density at radius 3 is 2.43 bits per heavy atom. The minimum atomic E-state index is -0.855. The van der Waals surface area contributed by atoms with Crippen LogP contribution in [0.15, 0.2) is 58.1 Å². The Balaban J connectivity index is 1.50. The molecule has 2 N–H and O–H groups in total. The Bertz CT molecular complexity index is 1410.